The van der Waals surface area contributed by atoms with Crippen molar-refractivity contribution in [3.8, 4) is 6.07 Å². The van der Waals surface area contributed by atoms with Gasteiger partial charge in [0.15, 0.2) is 0 Å². The van der Waals surface area contributed by atoms with Gasteiger partial charge in [-0.2, -0.15) is 10.4 Å². The molecule has 1 heterocycles. The number of hydrogen-bond acceptors (Lipinski definition) is 4. The lowest BCUT2D eigenvalue weighted by atomic mass is 10.2. The normalized spacial score (nSPS) is 10.6. The average molecular weight is 236 g/mol. The molecular formula is C12H20N4O. The highest BCUT2D eigenvalue weighted by molar-refractivity contribution is 5.57. The molecule has 1 aromatic heterocycles. The molecule has 0 aliphatic carbocycles. The third-order valence-electron chi connectivity index (χ3n) is 2.76. The molecule has 0 atom stereocenters. The summed E-state index contributed by atoms with van der Waals surface area (Å²) < 4.78 is 1.74. The van der Waals surface area contributed by atoms with Crippen molar-refractivity contribution < 1.29 is 5.11 Å². The highest BCUT2D eigenvalue weighted by Crippen LogP contribution is 2.24. The van der Waals surface area contributed by atoms with Crippen molar-refractivity contribution in [3.05, 3.63) is 11.3 Å². The molecule has 0 saturated heterocycles. The molecule has 1 N–H and O–H groups in total. The molecule has 0 fully saturated rings. The largest absolute Gasteiger partial charge is 0.396 e. The number of anilines is 1. The standard InChI is InChI=1S/C12H20N4O/c1-9(2)16(6-5-7-17)12-11(8-13)10(3)14-15(12)4/h9,17H,5-7H2,1-4H3. The number of aliphatic hydroxyl groups excluding tert-OH is 1. The maximum absolute atomic E-state index is 9.19. The molecule has 0 saturated carbocycles. The summed E-state index contributed by atoms with van der Waals surface area (Å²) in [5.74, 6) is 0.841. The Bertz CT molecular complexity index is 417. The third kappa shape index (κ3) is 2.77. The Balaban J connectivity index is 3.14. The summed E-state index contributed by atoms with van der Waals surface area (Å²) in [6, 6.07) is 2.48. The minimum absolute atomic E-state index is 0.155. The van der Waals surface area contributed by atoms with E-state index in [9.17, 15) is 5.26 Å². The molecule has 0 radical (unpaired) electrons. The second-order valence-corrected chi connectivity index (χ2v) is 4.38. The number of nitrogens with zero attached hydrogens (tertiary/aromatic N) is 4. The van der Waals surface area contributed by atoms with E-state index in [1.54, 1.807) is 4.68 Å². The van der Waals surface area contributed by atoms with Gasteiger partial charge in [0.25, 0.3) is 0 Å². The van der Waals surface area contributed by atoms with E-state index in [1.165, 1.54) is 0 Å². The molecule has 0 amide bonds. The Kier molecular flexibility index (Phi) is 4.53. The van der Waals surface area contributed by atoms with Crippen LogP contribution >= 0.6 is 0 Å². The molecule has 5 nitrogen and oxygen atoms in total. The number of hydrogen-bond donors (Lipinski definition) is 1. The molecule has 0 aromatic carbocycles. The summed E-state index contributed by atoms with van der Waals surface area (Å²) in [5.41, 5.74) is 1.37. The van der Waals surface area contributed by atoms with Crippen LogP contribution in [0, 0.1) is 18.3 Å². The van der Waals surface area contributed by atoms with E-state index >= 15 is 0 Å². The average Bonchev–Trinajstić information content (AvgIpc) is 2.54. The first-order valence-electron chi connectivity index (χ1n) is 5.84. The van der Waals surface area contributed by atoms with Crippen molar-refractivity contribution in [2.75, 3.05) is 18.1 Å². The van der Waals surface area contributed by atoms with Crippen LogP contribution in [-0.2, 0) is 7.05 Å². The van der Waals surface area contributed by atoms with Crippen LogP contribution in [0.3, 0.4) is 0 Å². The Morgan fingerprint density at radius 1 is 1.53 bits per heavy atom. The zero-order chi connectivity index (χ0) is 13.0. The first kappa shape index (κ1) is 13.5. The lowest BCUT2D eigenvalue weighted by Gasteiger charge is -2.28. The predicted molar refractivity (Wildman–Crippen MR) is 66.8 cm³/mol. The lowest BCUT2D eigenvalue weighted by molar-refractivity contribution is 0.288. The van der Waals surface area contributed by atoms with E-state index in [4.69, 9.17) is 5.11 Å². The van der Waals surface area contributed by atoms with Crippen LogP contribution in [0.15, 0.2) is 0 Å². The number of aromatic nitrogens is 2. The highest BCUT2D eigenvalue weighted by atomic mass is 16.3. The smallest absolute Gasteiger partial charge is 0.145 e. The van der Waals surface area contributed by atoms with Crippen LogP contribution < -0.4 is 4.90 Å². The molecule has 94 valence electrons. The van der Waals surface area contributed by atoms with Crippen LogP contribution in [0.2, 0.25) is 0 Å². The van der Waals surface area contributed by atoms with Gasteiger partial charge in [-0.25, -0.2) is 0 Å². The summed E-state index contributed by atoms with van der Waals surface area (Å²) >= 11 is 0. The molecule has 5 heteroatoms. The van der Waals surface area contributed by atoms with Gasteiger partial charge in [0, 0.05) is 26.2 Å². The maximum Gasteiger partial charge on any atom is 0.145 e. The number of aryl methyl sites for hydroxylation is 2. The van der Waals surface area contributed by atoms with E-state index < -0.39 is 0 Å². The summed E-state index contributed by atoms with van der Waals surface area (Å²) in [7, 11) is 1.84. The maximum atomic E-state index is 9.19. The summed E-state index contributed by atoms with van der Waals surface area (Å²) in [6.45, 7) is 6.86. The summed E-state index contributed by atoms with van der Waals surface area (Å²) in [6.07, 6.45) is 0.688. The quantitative estimate of drug-likeness (QED) is 0.834. The van der Waals surface area contributed by atoms with Gasteiger partial charge in [-0.15, -0.1) is 0 Å². The topological polar surface area (TPSA) is 65.1 Å². The van der Waals surface area contributed by atoms with Gasteiger partial charge in [0.2, 0.25) is 0 Å². The second kappa shape index (κ2) is 5.69. The van der Waals surface area contributed by atoms with Gasteiger partial charge < -0.3 is 10.0 Å². The van der Waals surface area contributed by atoms with Crippen molar-refractivity contribution in [2.45, 2.75) is 33.2 Å². The SMILES string of the molecule is Cc1nn(C)c(N(CCCO)C(C)C)c1C#N. The Labute approximate surface area is 102 Å². The van der Waals surface area contributed by atoms with Gasteiger partial charge in [0.05, 0.1) is 5.69 Å². The van der Waals surface area contributed by atoms with Gasteiger partial charge in [0.1, 0.15) is 17.5 Å². The second-order valence-electron chi connectivity index (χ2n) is 4.38. The molecule has 1 aromatic rings. The third-order valence-corrected chi connectivity index (χ3v) is 2.76. The Morgan fingerprint density at radius 2 is 2.18 bits per heavy atom. The molecule has 17 heavy (non-hydrogen) atoms. The van der Waals surface area contributed by atoms with Crippen molar-refractivity contribution >= 4 is 5.82 Å². The molecule has 0 bridgehead atoms. The number of aliphatic hydroxyl groups is 1. The van der Waals surface area contributed by atoms with Crippen LogP contribution in [0.5, 0.6) is 0 Å². The molecule has 1 rings (SSSR count). The van der Waals surface area contributed by atoms with Crippen molar-refractivity contribution in [2.24, 2.45) is 7.05 Å². The molecule has 0 aliphatic rings. The fourth-order valence-corrected chi connectivity index (χ4v) is 1.96. The zero-order valence-corrected chi connectivity index (χ0v) is 10.9. The molecular weight excluding hydrogens is 216 g/mol. The number of nitriles is 1. The minimum atomic E-state index is 0.155. The Hall–Kier alpha value is -1.54. The van der Waals surface area contributed by atoms with Crippen molar-refractivity contribution in [3.63, 3.8) is 0 Å². The van der Waals surface area contributed by atoms with Crippen molar-refractivity contribution in [1.29, 1.82) is 5.26 Å². The fraction of sp³-hybridized carbons (Fsp3) is 0.667. The van der Waals surface area contributed by atoms with E-state index in [0.717, 1.165) is 18.1 Å². The molecule has 0 spiro atoms. The zero-order valence-electron chi connectivity index (χ0n) is 10.9. The van der Waals surface area contributed by atoms with E-state index in [0.29, 0.717) is 12.0 Å². The van der Waals surface area contributed by atoms with E-state index in [-0.39, 0.29) is 12.6 Å². The first-order chi connectivity index (χ1) is 8.02. The summed E-state index contributed by atoms with van der Waals surface area (Å²) in [5, 5.41) is 22.4. The van der Waals surface area contributed by atoms with Gasteiger partial charge >= 0.3 is 0 Å². The van der Waals surface area contributed by atoms with Gasteiger partial charge in [-0.3, -0.25) is 4.68 Å². The van der Waals surface area contributed by atoms with Gasteiger partial charge in [-0.05, 0) is 27.2 Å². The van der Waals surface area contributed by atoms with Crippen LogP contribution in [0.25, 0.3) is 0 Å². The van der Waals surface area contributed by atoms with Crippen LogP contribution in [0.1, 0.15) is 31.5 Å². The molecule has 0 aliphatic heterocycles. The van der Waals surface area contributed by atoms with Crippen LogP contribution in [-0.4, -0.2) is 34.1 Å². The van der Waals surface area contributed by atoms with E-state index in [1.807, 2.05) is 14.0 Å². The lowest BCUT2D eigenvalue weighted by Crippen LogP contribution is -2.34. The van der Waals surface area contributed by atoms with Crippen LogP contribution in [0.4, 0.5) is 5.82 Å². The highest BCUT2D eigenvalue weighted by Gasteiger charge is 2.20. The first-order valence-corrected chi connectivity index (χ1v) is 5.84. The Morgan fingerprint density at radius 3 is 2.65 bits per heavy atom. The fourth-order valence-electron chi connectivity index (χ4n) is 1.96. The van der Waals surface area contributed by atoms with Crippen molar-refractivity contribution in [1.82, 2.24) is 9.78 Å². The predicted octanol–water partition coefficient (Wildman–Crippen LogP) is 1.20. The minimum Gasteiger partial charge on any atom is -0.396 e. The molecule has 0 unspecified atom stereocenters. The monoisotopic (exact) mass is 236 g/mol. The van der Waals surface area contributed by atoms with Gasteiger partial charge in [-0.1, -0.05) is 0 Å². The van der Waals surface area contributed by atoms with E-state index in [2.05, 4.69) is 29.9 Å². The summed E-state index contributed by atoms with van der Waals surface area (Å²) in [4.78, 5) is 2.11. The number of rotatable bonds is 5.